The van der Waals surface area contributed by atoms with E-state index in [-0.39, 0.29) is 0 Å². The molecule has 2 aromatic rings. The fourth-order valence-electron chi connectivity index (χ4n) is 3.16. The maximum absolute atomic E-state index is 4.47. The molecule has 3 rings (SSSR count). The third-order valence-electron chi connectivity index (χ3n) is 4.66. The summed E-state index contributed by atoms with van der Waals surface area (Å²) >= 11 is 0. The standard InChI is InChI=1S/C15H22N4/c1-9-10(2)18-13-12(9)14(17-8-16-13)19-11-6-5-7-15(11,3)4/h8,11H,5-7H2,1-4H3,(H2,16,17,18,19)/t11-/m1/s1. The number of rotatable bonds is 2. The lowest BCUT2D eigenvalue weighted by Gasteiger charge is -2.28. The van der Waals surface area contributed by atoms with Crippen LogP contribution >= 0.6 is 0 Å². The molecule has 1 aliphatic carbocycles. The van der Waals surface area contributed by atoms with Crippen molar-refractivity contribution in [2.24, 2.45) is 5.41 Å². The Balaban J connectivity index is 2.01. The molecule has 1 aliphatic rings. The van der Waals surface area contributed by atoms with Crippen LogP contribution in [-0.4, -0.2) is 21.0 Å². The van der Waals surface area contributed by atoms with Gasteiger partial charge in [-0.25, -0.2) is 9.97 Å². The summed E-state index contributed by atoms with van der Waals surface area (Å²) in [5.74, 6) is 0.979. The molecular formula is C15H22N4. The molecule has 4 nitrogen and oxygen atoms in total. The molecule has 19 heavy (non-hydrogen) atoms. The van der Waals surface area contributed by atoms with Crippen LogP contribution in [0.5, 0.6) is 0 Å². The minimum absolute atomic E-state index is 0.344. The second-order valence-corrected chi connectivity index (χ2v) is 6.40. The molecule has 0 bridgehead atoms. The Kier molecular flexibility index (Phi) is 2.77. The van der Waals surface area contributed by atoms with Gasteiger partial charge in [0.05, 0.1) is 5.39 Å². The Morgan fingerprint density at radius 1 is 1.32 bits per heavy atom. The number of aryl methyl sites for hydroxylation is 2. The number of fused-ring (bicyclic) bond motifs is 1. The van der Waals surface area contributed by atoms with Crippen molar-refractivity contribution in [1.29, 1.82) is 0 Å². The molecule has 0 aromatic carbocycles. The lowest BCUT2D eigenvalue weighted by Crippen LogP contribution is -2.31. The molecule has 4 heteroatoms. The first-order valence-corrected chi connectivity index (χ1v) is 7.05. The van der Waals surface area contributed by atoms with Crippen LogP contribution in [0.1, 0.15) is 44.4 Å². The number of aromatic amines is 1. The summed E-state index contributed by atoms with van der Waals surface area (Å²) in [6.07, 6.45) is 5.44. The van der Waals surface area contributed by atoms with Gasteiger partial charge in [0, 0.05) is 11.7 Å². The van der Waals surface area contributed by atoms with Crippen LogP contribution in [0.3, 0.4) is 0 Å². The molecule has 2 heterocycles. The number of anilines is 1. The molecule has 1 saturated carbocycles. The highest BCUT2D eigenvalue weighted by molar-refractivity contribution is 5.91. The van der Waals surface area contributed by atoms with E-state index in [1.54, 1.807) is 6.33 Å². The molecule has 1 fully saturated rings. The smallest absolute Gasteiger partial charge is 0.143 e. The van der Waals surface area contributed by atoms with Gasteiger partial charge in [-0.3, -0.25) is 0 Å². The minimum atomic E-state index is 0.344. The first-order valence-electron chi connectivity index (χ1n) is 7.05. The maximum Gasteiger partial charge on any atom is 0.143 e. The highest BCUT2D eigenvalue weighted by Gasteiger charge is 2.34. The van der Waals surface area contributed by atoms with Crippen LogP contribution in [-0.2, 0) is 0 Å². The van der Waals surface area contributed by atoms with Crippen LogP contribution in [0.4, 0.5) is 5.82 Å². The molecule has 0 saturated heterocycles. The predicted molar refractivity (Wildman–Crippen MR) is 78.4 cm³/mol. The van der Waals surface area contributed by atoms with Crippen LogP contribution in [0.25, 0.3) is 11.0 Å². The topological polar surface area (TPSA) is 53.6 Å². The molecule has 2 N–H and O–H groups in total. The number of aromatic nitrogens is 3. The van der Waals surface area contributed by atoms with Crippen molar-refractivity contribution in [3.05, 3.63) is 17.6 Å². The highest BCUT2D eigenvalue weighted by atomic mass is 15.1. The minimum Gasteiger partial charge on any atom is -0.366 e. The van der Waals surface area contributed by atoms with Crippen molar-refractivity contribution >= 4 is 16.9 Å². The van der Waals surface area contributed by atoms with E-state index in [2.05, 4.69) is 48.0 Å². The highest BCUT2D eigenvalue weighted by Crippen LogP contribution is 2.39. The molecule has 102 valence electrons. The van der Waals surface area contributed by atoms with Gasteiger partial charge in [0.1, 0.15) is 17.8 Å². The quantitative estimate of drug-likeness (QED) is 0.866. The lowest BCUT2D eigenvalue weighted by molar-refractivity contribution is 0.349. The third kappa shape index (κ3) is 1.99. The number of nitrogens with zero attached hydrogens (tertiary/aromatic N) is 2. The van der Waals surface area contributed by atoms with E-state index in [0.29, 0.717) is 11.5 Å². The fourth-order valence-corrected chi connectivity index (χ4v) is 3.16. The van der Waals surface area contributed by atoms with Gasteiger partial charge >= 0.3 is 0 Å². The summed E-state index contributed by atoms with van der Waals surface area (Å²) < 4.78 is 0. The van der Waals surface area contributed by atoms with Gasteiger partial charge in [-0.05, 0) is 37.7 Å². The van der Waals surface area contributed by atoms with Crippen molar-refractivity contribution in [1.82, 2.24) is 15.0 Å². The first-order chi connectivity index (χ1) is 8.99. The largest absolute Gasteiger partial charge is 0.366 e. The van der Waals surface area contributed by atoms with Gasteiger partial charge in [-0.1, -0.05) is 20.3 Å². The zero-order chi connectivity index (χ0) is 13.6. The van der Waals surface area contributed by atoms with E-state index in [1.807, 2.05) is 0 Å². The van der Waals surface area contributed by atoms with Gasteiger partial charge in [-0.2, -0.15) is 0 Å². The number of H-pyrrole nitrogens is 1. The Morgan fingerprint density at radius 3 is 2.79 bits per heavy atom. The average Bonchev–Trinajstić information content (AvgIpc) is 2.82. The monoisotopic (exact) mass is 258 g/mol. The lowest BCUT2D eigenvalue weighted by atomic mass is 9.87. The zero-order valence-corrected chi connectivity index (χ0v) is 12.2. The molecule has 0 amide bonds. The van der Waals surface area contributed by atoms with E-state index >= 15 is 0 Å². The van der Waals surface area contributed by atoms with Gasteiger partial charge in [0.2, 0.25) is 0 Å². The fraction of sp³-hybridized carbons (Fsp3) is 0.600. The van der Waals surface area contributed by atoms with Crippen LogP contribution in [0.2, 0.25) is 0 Å². The second kappa shape index (κ2) is 4.22. The number of hydrogen-bond acceptors (Lipinski definition) is 3. The summed E-state index contributed by atoms with van der Waals surface area (Å²) in [4.78, 5) is 12.1. The van der Waals surface area contributed by atoms with Crippen molar-refractivity contribution in [2.45, 2.75) is 53.0 Å². The molecule has 0 unspecified atom stereocenters. The zero-order valence-electron chi connectivity index (χ0n) is 12.2. The molecule has 2 aromatic heterocycles. The Bertz CT molecular complexity index is 612. The molecule has 1 atom stereocenters. The third-order valence-corrected chi connectivity index (χ3v) is 4.66. The van der Waals surface area contributed by atoms with E-state index in [9.17, 15) is 0 Å². The maximum atomic E-state index is 4.47. The van der Waals surface area contributed by atoms with Crippen molar-refractivity contribution in [2.75, 3.05) is 5.32 Å². The molecule has 0 spiro atoms. The van der Waals surface area contributed by atoms with Gasteiger partial charge in [-0.15, -0.1) is 0 Å². The molecule has 0 aliphatic heterocycles. The summed E-state index contributed by atoms with van der Waals surface area (Å²) in [6.45, 7) is 8.89. The van der Waals surface area contributed by atoms with Crippen LogP contribution in [0.15, 0.2) is 6.33 Å². The average molecular weight is 258 g/mol. The Hall–Kier alpha value is -1.58. The summed E-state index contributed by atoms with van der Waals surface area (Å²) in [5, 5.41) is 4.80. The predicted octanol–water partition coefficient (Wildman–Crippen LogP) is 3.57. The van der Waals surface area contributed by atoms with Gasteiger partial charge in [0.15, 0.2) is 0 Å². The number of hydrogen-bond donors (Lipinski definition) is 2. The van der Waals surface area contributed by atoms with Gasteiger partial charge < -0.3 is 10.3 Å². The summed E-state index contributed by atoms with van der Waals surface area (Å²) in [7, 11) is 0. The van der Waals surface area contributed by atoms with Crippen LogP contribution < -0.4 is 5.32 Å². The van der Waals surface area contributed by atoms with Gasteiger partial charge in [0.25, 0.3) is 0 Å². The number of nitrogens with one attached hydrogen (secondary N) is 2. The Labute approximate surface area is 114 Å². The van der Waals surface area contributed by atoms with Crippen molar-refractivity contribution in [3.63, 3.8) is 0 Å². The normalized spacial score (nSPS) is 22.0. The van der Waals surface area contributed by atoms with E-state index in [0.717, 1.165) is 16.9 Å². The molecular weight excluding hydrogens is 236 g/mol. The first kappa shape index (κ1) is 12.5. The van der Waals surface area contributed by atoms with Crippen LogP contribution in [0, 0.1) is 19.3 Å². The van der Waals surface area contributed by atoms with E-state index in [4.69, 9.17) is 0 Å². The summed E-state index contributed by atoms with van der Waals surface area (Å²) in [6, 6.07) is 0.500. The SMILES string of the molecule is Cc1[nH]c2ncnc(N[C@@H]3CCCC3(C)C)c2c1C. The Morgan fingerprint density at radius 2 is 2.11 bits per heavy atom. The molecule has 0 radical (unpaired) electrons. The van der Waals surface area contributed by atoms with E-state index in [1.165, 1.54) is 30.5 Å². The van der Waals surface area contributed by atoms with Crippen molar-refractivity contribution < 1.29 is 0 Å². The summed E-state index contributed by atoms with van der Waals surface area (Å²) in [5.41, 5.74) is 3.69. The van der Waals surface area contributed by atoms with E-state index < -0.39 is 0 Å². The second-order valence-electron chi connectivity index (χ2n) is 6.40. The van der Waals surface area contributed by atoms with Crippen molar-refractivity contribution in [3.8, 4) is 0 Å².